The van der Waals surface area contributed by atoms with Gasteiger partial charge in [0.2, 0.25) is 0 Å². The van der Waals surface area contributed by atoms with Crippen LogP contribution in [0.3, 0.4) is 0 Å². The number of rotatable bonds is 6. The number of aromatic amines is 1. The Balaban J connectivity index is 1.66. The Morgan fingerprint density at radius 2 is 1.97 bits per heavy atom. The van der Waals surface area contributed by atoms with Crippen LogP contribution >= 0.6 is 0 Å². The van der Waals surface area contributed by atoms with Gasteiger partial charge in [-0.05, 0) is 25.0 Å². The summed E-state index contributed by atoms with van der Waals surface area (Å²) >= 11 is 0. The molecule has 1 N–H and O–H groups in total. The van der Waals surface area contributed by atoms with Crippen molar-refractivity contribution >= 4 is 10.9 Å². The molecule has 158 valence electrons. The summed E-state index contributed by atoms with van der Waals surface area (Å²) in [6.45, 7) is 2.06. The smallest absolute Gasteiger partial charge is 0.330 e. The first-order valence-corrected chi connectivity index (χ1v) is 10.00. The van der Waals surface area contributed by atoms with E-state index in [4.69, 9.17) is 4.74 Å². The molecule has 1 aliphatic rings. The number of hydrogen-bond acceptors (Lipinski definition) is 6. The van der Waals surface area contributed by atoms with Gasteiger partial charge in [-0.25, -0.2) is 9.78 Å². The summed E-state index contributed by atoms with van der Waals surface area (Å²) in [5.41, 5.74) is 0.335. The molecule has 3 aromatic rings. The third-order valence-corrected chi connectivity index (χ3v) is 5.53. The number of para-hydroxylation sites is 1. The molecule has 1 aliphatic heterocycles. The summed E-state index contributed by atoms with van der Waals surface area (Å²) in [5, 5.41) is 0.542. The van der Waals surface area contributed by atoms with Gasteiger partial charge < -0.3 is 9.72 Å². The maximum absolute atomic E-state index is 12.4. The SMILES string of the molecule is Cn1c(CN(Cc2nc3ccccc3c(=O)[nH]2)C[C@H]2CCCO2)cc(=O)n(C)c1=O. The van der Waals surface area contributed by atoms with Gasteiger partial charge in [0.05, 0.1) is 23.6 Å². The van der Waals surface area contributed by atoms with Crippen LogP contribution < -0.4 is 16.8 Å². The number of H-pyrrole nitrogens is 1. The summed E-state index contributed by atoms with van der Waals surface area (Å²) in [6.07, 6.45) is 2.03. The van der Waals surface area contributed by atoms with Crippen molar-refractivity contribution in [3.8, 4) is 0 Å². The molecule has 30 heavy (non-hydrogen) atoms. The predicted molar refractivity (Wildman–Crippen MR) is 112 cm³/mol. The van der Waals surface area contributed by atoms with Gasteiger partial charge in [0.15, 0.2) is 0 Å². The zero-order chi connectivity index (χ0) is 21.3. The van der Waals surface area contributed by atoms with Crippen molar-refractivity contribution in [1.82, 2.24) is 24.0 Å². The maximum atomic E-state index is 12.4. The Morgan fingerprint density at radius 1 is 1.17 bits per heavy atom. The third-order valence-electron chi connectivity index (χ3n) is 5.53. The van der Waals surface area contributed by atoms with E-state index in [1.165, 1.54) is 17.7 Å². The molecule has 0 aliphatic carbocycles. The second kappa shape index (κ2) is 8.37. The number of ether oxygens (including phenoxy) is 1. The van der Waals surface area contributed by atoms with Crippen LogP contribution in [0.5, 0.6) is 0 Å². The fraction of sp³-hybridized carbons (Fsp3) is 0.429. The summed E-state index contributed by atoms with van der Waals surface area (Å²) < 4.78 is 8.33. The summed E-state index contributed by atoms with van der Waals surface area (Å²) in [4.78, 5) is 46.4. The number of benzene rings is 1. The Kier molecular flexibility index (Phi) is 5.65. The van der Waals surface area contributed by atoms with E-state index in [1.54, 1.807) is 19.2 Å². The van der Waals surface area contributed by atoms with Gasteiger partial charge in [-0.3, -0.25) is 23.6 Å². The van der Waals surface area contributed by atoms with E-state index in [-0.39, 0.29) is 22.9 Å². The van der Waals surface area contributed by atoms with Crippen LogP contribution in [0, 0.1) is 0 Å². The molecule has 9 nitrogen and oxygen atoms in total. The third kappa shape index (κ3) is 4.12. The first-order valence-electron chi connectivity index (χ1n) is 10.00. The quantitative estimate of drug-likeness (QED) is 0.634. The number of hydrogen-bond donors (Lipinski definition) is 1. The van der Waals surface area contributed by atoms with E-state index < -0.39 is 0 Å². The van der Waals surface area contributed by atoms with E-state index in [2.05, 4.69) is 14.9 Å². The highest BCUT2D eigenvalue weighted by Gasteiger charge is 2.21. The molecule has 1 fully saturated rings. The Hall–Kier alpha value is -3.04. The summed E-state index contributed by atoms with van der Waals surface area (Å²) in [5.74, 6) is 0.533. The molecule has 1 saturated heterocycles. The number of fused-ring (bicyclic) bond motifs is 1. The van der Waals surface area contributed by atoms with E-state index in [0.717, 1.165) is 24.0 Å². The minimum absolute atomic E-state index is 0.0701. The van der Waals surface area contributed by atoms with Crippen LogP contribution in [-0.4, -0.2) is 43.3 Å². The molecule has 0 saturated carbocycles. The molecule has 0 unspecified atom stereocenters. The molecular weight excluding hydrogens is 386 g/mol. The van der Waals surface area contributed by atoms with Crippen molar-refractivity contribution in [2.45, 2.75) is 32.0 Å². The van der Waals surface area contributed by atoms with Gasteiger partial charge in [-0.2, -0.15) is 0 Å². The monoisotopic (exact) mass is 411 g/mol. The van der Waals surface area contributed by atoms with Crippen molar-refractivity contribution in [1.29, 1.82) is 0 Å². The van der Waals surface area contributed by atoms with Crippen molar-refractivity contribution in [3.63, 3.8) is 0 Å². The summed E-state index contributed by atoms with van der Waals surface area (Å²) in [6, 6.07) is 8.67. The van der Waals surface area contributed by atoms with E-state index in [9.17, 15) is 14.4 Å². The lowest BCUT2D eigenvalue weighted by molar-refractivity contribution is 0.0661. The van der Waals surface area contributed by atoms with Crippen LogP contribution in [0.1, 0.15) is 24.4 Å². The van der Waals surface area contributed by atoms with Crippen molar-refractivity contribution in [3.05, 3.63) is 73.0 Å². The second-order valence-electron chi connectivity index (χ2n) is 7.71. The fourth-order valence-corrected chi connectivity index (χ4v) is 3.84. The van der Waals surface area contributed by atoms with Gasteiger partial charge in [-0.15, -0.1) is 0 Å². The van der Waals surface area contributed by atoms with Crippen LogP contribution in [0.25, 0.3) is 10.9 Å². The number of aromatic nitrogens is 4. The van der Waals surface area contributed by atoms with E-state index >= 15 is 0 Å². The molecule has 0 amide bonds. The van der Waals surface area contributed by atoms with Crippen LogP contribution in [-0.2, 0) is 31.9 Å². The first-order chi connectivity index (χ1) is 14.4. The van der Waals surface area contributed by atoms with Crippen molar-refractivity contribution < 1.29 is 4.74 Å². The molecule has 9 heteroatoms. The van der Waals surface area contributed by atoms with E-state index in [1.807, 2.05) is 12.1 Å². The molecule has 0 bridgehead atoms. The van der Waals surface area contributed by atoms with E-state index in [0.29, 0.717) is 42.1 Å². The normalized spacial score (nSPS) is 16.6. The lowest BCUT2D eigenvalue weighted by atomic mass is 10.2. The van der Waals surface area contributed by atoms with Crippen molar-refractivity contribution in [2.75, 3.05) is 13.2 Å². The number of nitrogens with zero attached hydrogens (tertiary/aromatic N) is 4. The minimum Gasteiger partial charge on any atom is -0.377 e. The fourth-order valence-electron chi connectivity index (χ4n) is 3.84. The average Bonchev–Trinajstić information content (AvgIpc) is 3.23. The van der Waals surface area contributed by atoms with Gasteiger partial charge in [0, 0.05) is 45.6 Å². The van der Waals surface area contributed by atoms with Gasteiger partial charge >= 0.3 is 5.69 Å². The predicted octanol–water partition coefficient (Wildman–Crippen LogP) is 0.502. The maximum Gasteiger partial charge on any atom is 0.330 e. The highest BCUT2D eigenvalue weighted by molar-refractivity contribution is 5.77. The van der Waals surface area contributed by atoms with Crippen LogP contribution in [0.15, 0.2) is 44.7 Å². The largest absolute Gasteiger partial charge is 0.377 e. The Morgan fingerprint density at radius 3 is 2.73 bits per heavy atom. The zero-order valence-corrected chi connectivity index (χ0v) is 17.1. The standard InChI is InChI=1S/C21H25N5O4/c1-24-14(10-19(27)25(2)21(24)29)11-26(12-15-6-5-9-30-15)13-18-22-17-8-4-3-7-16(17)20(28)23-18/h3-4,7-8,10,15H,5-6,9,11-13H2,1-2H3,(H,22,23,28)/t15-/m1/s1. The Labute approximate surface area is 172 Å². The molecule has 1 aromatic carbocycles. The van der Waals surface area contributed by atoms with Crippen LogP contribution in [0.4, 0.5) is 0 Å². The van der Waals surface area contributed by atoms with Gasteiger partial charge in [0.1, 0.15) is 5.82 Å². The lowest BCUT2D eigenvalue weighted by Crippen LogP contribution is -2.40. The Bertz CT molecular complexity index is 1240. The topological polar surface area (TPSA) is 102 Å². The molecule has 3 heterocycles. The second-order valence-corrected chi connectivity index (χ2v) is 7.71. The average molecular weight is 411 g/mol. The zero-order valence-electron chi connectivity index (χ0n) is 17.1. The molecular formula is C21H25N5O4. The van der Waals surface area contributed by atoms with Crippen molar-refractivity contribution in [2.24, 2.45) is 14.1 Å². The first kappa shape index (κ1) is 20.2. The van der Waals surface area contributed by atoms with Gasteiger partial charge in [-0.1, -0.05) is 12.1 Å². The highest BCUT2D eigenvalue weighted by atomic mass is 16.5. The minimum atomic E-state index is -0.369. The lowest BCUT2D eigenvalue weighted by Gasteiger charge is -2.25. The molecule has 0 radical (unpaired) electrons. The molecule has 1 atom stereocenters. The van der Waals surface area contributed by atoms with Crippen LogP contribution in [0.2, 0.25) is 0 Å². The molecule has 0 spiro atoms. The summed E-state index contributed by atoms with van der Waals surface area (Å²) in [7, 11) is 3.11. The van der Waals surface area contributed by atoms with Gasteiger partial charge in [0.25, 0.3) is 11.1 Å². The molecule has 4 rings (SSSR count). The number of nitrogens with one attached hydrogen (secondary N) is 1. The highest BCUT2D eigenvalue weighted by Crippen LogP contribution is 2.16. The molecule has 2 aromatic heterocycles.